The number of aryl methyl sites for hydroxylation is 1. The Morgan fingerprint density at radius 1 is 0.892 bits per heavy atom. The summed E-state index contributed by atoms with van der Waals surface area (Å²) in [5.74, 6) is -2.60. The second-order valence-corrected chi connectivity index (χ2v) is 10.1. The lowest BCUT2D eigenvalue weighted by molar-refractivity contribution is 0.0688. The number of carboxylic acid groups (broad SMARTS) is 1. The van der Waals surface area contributed by atoms with Gasteiger partial charge in [-0.15, -0.1) is 0 Å². The lowest BCUT2D eigenvalue weighted by Gasteiger charge is -2.11. The number of carboxylic acids is 1. The molecule has 0 spiro atoms. The third kappa shape index (κ3) is 7.71. The maximum atomic E-state index is 12.9. The topological polar surface area (TPSA) is 143 Å². The van der Waals surface area contributed by atoms with Crippen LogP contribution in [0.15, 0.2) is 71.8 Å². The molecule has 0 radical (unpaired) electrons. The van der Waals surface area contributed by atoms with Crippen LogP contribution in [0, 0.1) is 0 Å². The number of hydrogen-bond acceptors (Lipinski definition) is 6. The molecule has 0 unspecified atom stereocenters. The van der Waals surface area contributed by atoms with E-state index >= 15 is 0 Å². The van der Waals surface area contributed by atoms with Gasteiger partial charge < -0.3 is 10.4 Å². The lowest BCUT2D eigenvalue weighted by Crippen LogP contribution is -2.31. The summed E-state index contributed by atoms with van der Waals surface area (Å²) in [4.78, 5) is 40.4. The van der Waals surface area contributed by atoms with E-state index in [9.17, 15) is 27.9 Å². The molecule has 0 atom stereocenters. The number of nitrogens with one attached hydrogen (secondary N) is 2. The first-order valence-electron chi connectivity index (χ1n) is 11.9. The fraction of sp³-hybridized carbons (Fsp3) is 0.259. The smallest absolute Gasteiger partial charge is 0.354 e. The molecule has 0 saturated heterocycles. The summed E-state index contributed by atoms with van der Waals surface area (Å²) in [5, 5.41) is 12.1. The Morgan fingerprint density at radius 3 is 2.35 bits per heavy atom. The zero-order valence-corrected chi connectivity index (χ0v) is 21.3. The van der Waals surface area contributed by atoms with Crippen molar-refractivity contribution in [2.75, 3.05) is 6.54 Å². The van der Waals surface area contributed by atoms with Crippen molar-refractivity contribution < 1.29 is 27.9 Å². The third-order valence-corrected chi connectivity index (χ3v) is 6.99. The molecule has 0 saturated carbocycles. The maximum Gasteiger partial charge on any atom is 0.354 e. The fourth-order valence-corrected chi connectivity index (χ4v) is 4.71. The van der Waals surface area contributed by atoms with Crippen molar-refractivity contribution in [3.8, 4) is 0 Å². The number of hydrogen-bond donors (Lipinski definition) is 3. The minimum Gasteiger partial charge on any atom is -0.477 e. The Labute approximate surface area is 216 Å². The average molecular weight is 524 g/mol. The van der Waals surface area contributed by atoms with Crippen molar-refractivity contribution in [3.05, 3.63) is 94.8 Å². The molecule has 0 aliphatic heterocycles. The molecule has 0 bridgehead atoms. The Hall–Kier alpha value is -4.05. The largest absolute Gasteiger partial charge is 0.477 e. The van der Waals surface area contributed by atoms with Crippen LogP contribution in [0.1, 0.15) is 68.5 Å². The number of aromatic nitrogens is 1. The molecule has 0 aliphatic rings. The standard InChI is InChI=1S/C27H29N3O6S/c1-2-3-5-11-20-16-22(18-29-24(20)27(33)34)26(32)30-37(35,36)23-13-8-12-21(17-23)25(31)28-15-14-19-9-6-4-7-10-19/h4,6-10,12-13,16-18H,2-3,5,11,14-15H2,1H3,(H,28,31)(H,30,32)(H,33,34). The molecule has 194 valence electrons. The van der Waals surface area contributed by atoms with Crippen LogP contribution in [0.4, 0.5) is 0 Å². The zero-order chi connectivity index (χ0) is 26.8. The Bertz CT molecular complexity index is 1370. The summed E-state index contributed by atoms with van der Waals surface area (Å²) in [6, 6.07) is 16.3. The van der Waals surface area contributed by atoms with E-state index in [4.69, 9.17) is 0 Å². The number of pyridine rings is 1. The molecule has 9 nitrogen and oxygen atoms in total. The van der Waals surface area contributed by atoms with Crippen molar-refractivity contribution in [2.24, 2.45) is 0 Å². The molecular weight excluding hydrogens is 494 g/mol. The van der Waals surface area contributed by atoms with Crippen LogP contribution >= 0.6 is 0 Å². The van der Waals surface area contributed by atoms with E-state index in [1.807, 2.05) is 42.0 Å². The van der Waals surface area contributed by atoms with E-state index in [-0.39, 0.29) is 21.7 Å². The molecule has 3 N–H and O–H groups in total. The number of carbonyl (C=O) groups excluding carboxylic acids is 2. The highest BCUT2D eigenvalue weighted by Gasteiger charge is 2.22. The van der Waals surface area contributed by atoms with Gasteiger partial charge in [-0.05, 0) is 54.7 Å². The minimum absolute atomic E-state index is 0.0742. The van der Waals surface area contributed by atoms with Gasteiger partial charge >= 0.3 is 5.97 Å². The van der Waals surface area contributed by atoms with Crippen LogP contribution < -0.4 is 10.0 Å². The van der Waals surface area contributed by atoms with Gasteiger partial charge in [0.1, 0.15) is 0 Å². The fourth-order valence-electron chi connectivity index (χ4n) is 3.69. The highest BCUT2D eigenvalue weighted by molar-refractivity contribution is 7.90. The van der Waals surface area contributed by atoms with Crippen LogP contribution in [0.25, 0.3) is 0 Å². The number of aromatic carboxylic acids is 1. The van der Waals surface area contributed by atoms with Crippen LogP contribution in [-0.4, -0.2) is 42.8 Å². The van der Waals surface area contributed by atoms with Crippen LogP contribution in [0.5, 0.6) is 0 Å². The number of unbranched alkanes of at least 4 members (excludes halogenated alkanes) is 2. The van der Waals surface area contributed by atoms with Crippen LogP contribution in [0.3, 0.4) is 0 Å². The van der Waals surface area contributed by atoms with Gasteiger partial charge in [-0.2, -0.15) is 0 Å². The van der Waals surface area contributed by atoms with E-state index in [1.54, 1.807) is 0 Å². The first-order valence-corrected chi connectivity index (χ1v) is 13.4. The van der Waals surface area contributed by atoms with Gasteiger partial charge in [0.2, 0.25) is 0 Å². The Kier molecular flexibility index (Phi) is 9.51. The number of sulfonamides is 1. The van der Waals surface area contributed by atoms with Gasteiger partial charge in [-0.1, -0.05) is 56.2 Å². The zero-order valence-electron chi connectivity index (χ0n) is 20.4. The molecule has 1 aromatic heterocycles. The summed E-state index contributed by atoms with van der Waals surface area (Å²) in [6.07, 6.45) is 4.57. The molecule has 0 aliphatic carbocycles. The highest BCUT2D eigenvalue weighted by atomic mass is 32.2. The van der Waals surface area contributed by atoms with Gasteiger partial charge in [-0.3, -0.25) is 9.59 Å². The van der Waals surface area contributed by atoms with Crippen molar-refractivity contribution in [2.45, 2.75) is 43.9 Å². The number of nitrogens with zero attached hydrogens (tertiary/aromatic N) is 1. The summed E-state index contributed by atoms with van der Waals surface area (Å²) < 4.78 is 27.7. The first kappa shape index (κ1) is 27.5. The number of benzene rings is 2. The minimum atomic E-state index is -4.31. The monoisotopic (exact) mass is 523 g/mol. The first-order chi connectivity index (χ1) is 17.7. The normalized spacial score (nSPS) is 11.1. The average Bonchev–Trinajstić information content (AvgIpc) is 2.89. The van der Waals surface area contributed by atoms with Crippen LogP contribution in [-0.2, 0) is 22.9 Å². The summed E-state index contributed by atoms with van der Waals surface area (Å²) in [6.45, 7) is 2.38. The van der Waals surface area contributed by atoms with Gasteiger partial charge in [0.15, 0.2) is 5.69 Å². The van der Waals surface area contributed by atoms with Crippen molar-refractivity contribution in [1.82, 2.24) is 15.0 Å². The van der Waals surface area contributed by atoms with Gasteiger partial charge in [-0.25, -0.2) is 22.9 Å². The molecule has 1 heterocycles. The molecule has 3 rings (SSSR count). The van der Waals surface area contributed by atoms with E-state index < -0.39 is 27.8 Å². The maximum absolute atomic E-state index is 12.9. The summed E-state index contributed by atoms with van der Waals surface area (Å²) in [5.41, 5.74) is 1.31. The molecule has 0 fully saturated rings. The molecule has 3 aromatic rings. The number of amides is 2. The highest BCUT2D eigenvalue weighted by Crippen LogP contribution is 2.16. The molecule has 37 heavy (non-hydrogen) atoms. The van der Waals surface area contributed by atoms with Crippen molar-refractivity contribution in [1.29, 1.82) is 0 Å². The number of carbonyl (C=O) groups is 3. The van der Waals surface area contributed by atoms with E-state index in [0.717, 1.165) is 24.6 Å². The Morgan fingerprint density at radius 2 is 1.65 bits per heavy atom. The van der Waals surface area contributed by atoms with Gasteiger partial charge in [0.25, 0.3) is 21.8 Å². The predicted octanol–water partition coefficient (Wildman–Crippen LogP) is 3.60. The third-order valence-electron chi connectivity index (χ3n) is 5.66. The lowest BCUT2D eigenvalue weighted by atomic mass is 10.0. The van der Waals surface area contributed by atoms with E-state index in [2.05, 4.69) is 10.3 Å². The molecule has 2 aromatic carbocycles. The SMILES string of the molecule is CCCCCc1cc(C(=O)NS(=O)(=O)c2cccc(C(=O)NCCc3ccccc3)c2)cnc1C(=O)O. The van der Waals surface area contributed by atoms with Crippen molar-refractivity contribution in [3.63, 3.8) is 0 Å². The Balaban J connectivity index is 1.70. The molecule has 2 amide bonds. The second-order valence-electron chi connectivity index (χ2n) is 8.45. The van der Waals surface area contributed by atoms with Gasteiger partial charge in [0.05, 0.1) is 10.5 Å². The van der Waals surface area contributed by atoms with E-state index in [0.29, 0.717) is 31.4 Å². The van der Waals surface area contributed by atoms with E-state index in [1.165, 1.54) is 30.3 Å². The summed E-state index contributed by atoms with van der Waals surface area (Å²) >= 11 is 0. The summed E-state index contributed by atoms with van der Waals surface area (Å²) in [7, 11) is -4.31. The van der Waals surface area contributed by atoms with Crippen LogP contribution in [0.2, 0.25) is 0 Å². The van der Waals surface area contributed by atoms with Crippen molar-refractivity contribution >= 4 is 27.8 Å². The molecular formula is C27H29N3O6S. The second kappa shape index (κ2) is 12.8. The predicted molar refractivity (Wildman–Crippen MR) is 138 cm³/mol. The number of rotatable bonds is 12. The quantitative estimate of drug-likeness (QED) is 0.308. The van der Waals surface area contributed by atoms with Gasteiger partial charge in [0, 0.05) is 18.3 Å². The molecule has 10 heteroatoms.